The van der Waals surface area contributed by atoms with Crippen LogP contribution in [-0.2, 0) is 9.53 Å². The molecule has 2 amide bonds. The number of halogens is 1. The second-order valence-corrected chi connectivity index (χ2v) is 6.80. The maximum Gasteiger partial charge on any atom is 0.251 e. The molecule has 0 bridgehead atoms. The predicted molar refractivity (Wildman–Crippen MR) is 97.4 cm³/mol. The van der Waals surface area contributed by atoms with Crippen LogP contribution in [0, 0.1) is 11.7 Å². The lowest BCUT2D eigenvalue weighted by Crippen LogP contribution is -2.50. The van der Waals surface area contributed by atoms with Crippen LogP contribution in [0.15, 0.2) is 24.3 Å². The second kappa shape index (κ2) is 10.2. The van der Waals surface area contributed by atoms with Gasteiger partial charge in [-0.1, -0.05) is 13.8 Å². The van der Waals surface area contributed by atoms with E-state index in [1.807, 2.05) is 13.8 Å². The minimum Gasteiger partial charge on any atom is -0.379 e. The van der Waals surface area contributed by atoms with Gasteiger partial charge in [0.2, 0.25) is 5.91 Å². The third-order valence-electron chi connectivity index (χ3n) is 4.40. The molecule has 26 heavy (non-hydrogen) atoms. The van der Waals surface area contributed by atoms with Crippen molar-refractivity contribution < 1.29 is 18.7 Å². The molecule has 1 unspecified atom stereocenters. The number of hydrogen-bond acceptors (Lipinski definition) is 4. The van der Waals surface area contributed by atoms with E-state index in [4.69, 9.17) is 4.74 Å². The van der Waals surface area contributed by atoms with Gasteiger partial charge in [0.1, 0.15) is 11.9 Å². The molecule has 0 radical (unpaired) electrons. The van der Waals surface area contributed by atoms with E-state index in [1.165, 1.54) is 24.3 Å². The molecule has 6 nitrogen and oxygen atoms in total. The first-order chi connectivity index (χ1) is 12.5. The molecule has 0 aromatic heterocycles. The summed E-state index contributed by atoms with van der Waals surface area (Å²) in [6.45, 7) is 8.61. The molecule has 1 atom stereocenters. The van der Waals surface area contributed by atoms with Crippen molar-refractivity contribution in [1.29, 1.82) is 0 Å². The molecular formula is C19H28FN3O3. The summed E-state index contributed by atoms with van der Waals surface area (Å²) in [6.07, 6.45) is 0.850. The van der Waals surface area contributed by atoms with Gasteiger partial charge >= 0.3 is 0 Å². The summed E-state index contributed by atoms with van der Waals surface area (Å²) in [4.78, 5) is 27.0. The lowest BCUT2D eigenvalue weighted by Gasteiger charge is -2.26. The number of benzene rings is 1. The van der Waals surface area contributed by atoms with Crippen LogP contribution >= 0.6 is 0 Å². The van der Waals surface area contributed by atoms with Crippen molar-refractivity contribution in [3.05, 3.63) is 35.6 Å². The van der Waals surface area contributed by atoms with Gasteiger partial charge in [-0.05, 0) is 43.1 Å². The fourth-order valence-corrected chi connectivity index (χ4v) is 2.81. The molecule has 1 heterocycles. The van der Waals surface area contributed by atoms with Crippen LogP contribution in [0.5, 0.6) is 0 Å². The van der Waals surface area contributed by atoms with Gasteiger partial charge in [-0.25, -0.2) is 4.39 Å². The Kier molecular flexibility index (Phi) is 8.00. The van der Waals surface area contributed by atoms with E-state index in [9.17, 15) is 14.0 Å². The van der Waals surface area contributed by atoms with Crippen LogP contribution in [0.25, 0.3) is 0 Å². The molecule has 1 aliphatic heterocycles. The summed E-state index contributed by atoms with van der Waals surface area (Å²) < 4.78 is 18.3. The topological polar surface area (TPSA) is 70.7 Å². The van der Waals surface area contributed by atoms with Crippen LogP contribution in [-0.4, -0.2) is 62.1 Å². The van der Waals surface area contributed by atoms with Crippen molar-refractivity contribution >= 4 is 11.8 Å². The molecule has 0 aliphatic carbocycles. The SMILES string of the molecule is CC(C)C(NC(=O)c1ccc(F)cc1)C(=O)NCCCN1CCOCC1. The summed E-state index contributed by atoms with van der Waals surface area (Å²) in [5, 5.41) is 5.64. The number of ether oxygens (including phenoxy) is 1. The number of carbonyl (C=O) groups is 2. The Labute approximate surface area is 154 Å². The van der Waals surface area contributed by atoms with Gasteiger partial charge in [0.25, 0.3) is 5.91 Å². The number of nitrogens with zero attached hydrogens (tertiary/aromatic N) is 1. The van der Waals surface area contributed by atoms with Gasteiger partial charge < -0.3 is 15.4 Å². The number of morpholine rings is 1. The van der Waals surface area contributed by atoms with Gasteiger partial charge in [-0.15, -0.1) is 0 Å². The Morgan fingerprint density at radius 1 is 1.19 bits per heavy atom. The Bertz CT molecular complexity index is 586. The Morgan fingerprint density at radius 2 is 1.85 bits per heavy atom. The Morgan fingerprint density at radius 3 is 2.46 bits per heavy atom. The molecule has 1 aromatic carbocycles. The van der Waals surface area contributed by atoms with Gasteiger partial charge in [0.15, 0.2) is 0 Å². The number of amides is 2. The number of hydrogen-bond donors (Lipinski definition) is 2. The molecule has 1 fully saturated rings. The van der Waals surface area contributed by atoms with E-state index >= 15 is 0 Å². The smallest absolute Gasteiger partial charge is 0.251 e. The van der Waals surface area contributed by atoms with E-state index in [0.717, 1.165) is 39.3 Å². The van der Waals surface area contributed by atoms with Crippen molar-refractivity contribution in [1.82, 2.24) is 15.5 Å². The summed E-state index contributed by atoms with van der Waals surface area (Å²) in [7, 11) is 0. The highest BCUT2D eigenvalue weighted by Crippen LogP contribution is 2.07. The van der Waals surface area contributed by atoms with E-state index in [1.54, 1.807) is 0 Å². The third-order valence-corrected chi connectivity index (χ3v) is 4.40. The highest BCUT2D eigenvalue weighted by molar-refractivity contribution is 5.97. The molecule has 7 heteroatoms. The molecule has 2 N–H and O–H groups in total. The first-order valence-electron chi connectivity index (χ1n) is 9.11. The normalized spacial score (nSPS) is 16.3. The third kappa shape index (κ3) is 6.38. The minimum atomic E-state index is -0.629. The Balaban J connectivity index is 1.78. The van der Waals surface area contributed by atoms with Gasteiger partial charge in [0.05, 0.1) is 13.2 Å². The molecule has 1 saturated heterocycles. The van der Waals surface area contributed by atoms with Crippen LogP contribution in [0.3, 0.4) is 0 Å². The first kappa shape index (κ1) is 20.3. The van der Waals surface area contributed by atoms with Crippen molar-refractivity contribution in [3.63, 3.8) is 0 Å². The molecule has 1 aromatic rings. The zero-order chi connectivity index (χ0) is 18.9. The monoisotopic (exact) mass is 365 g/mol. The summed E-state index contributed by atoms with van der Waals surface area (Å²) in [6, 6.07) is 4.64. The summed E-state index contributed by atoms with van der Waals surface area (Å²) >= 11 is 0. The first-order valence-corrected chi connectivity index (χ1v) is 9.11. The average Bonchev–Trinajstić information content (AvgIpc) is 2.64. The zero-order valence-electron chi connectivity index (χ0n) is 15.5. The molecular weight excluding hydrogens is 337 g/mol. The molecule has 144 valence electrons. The number of rotatable bonds is 8. The minimum absolute atomic E-state index is 0.0568. The number of carbonyl (C=O) groups excluding carboxylic acids is 2. The Hall–Kier alpha value is -1.99. The maximum atomic E-state index is 13.0. The van der Waals surface area contributed by atoms with Crippen LogP contribution in [0.1, 0.15) is 30.6 Å². The average molecular weight is 365 g/mol. The van der Waals surface area contributed by atoms with E-state index < -0.39 is 11.9 Å². The van der Waals surface area contributed by atoms with Crippen molar-refractivity contribution in [2.24, 2.45) is 5.92 Å². The highest BCUT2D eigenvalue weighted by Gasteiger charge is 2.24. The van der Waals surface area contributed by atoms with Crippen molar-refractivity contribution in [3.8, 4) is 0 Å². The zero-order valence-corrected chi connectivity index (χ0v) is 15.5. The largest absolute Gasteiger partial charge is 0.379 e. The molecule has 1 aliphatic rings. The van der Waals surface area contributed by atoms with E-state index in [-0.39, 0.29) is 17.7 Å². The maximum absolute atomic E-state index is 13.0. The van der Waals surface area contributed by atoms with E-state index in [2.05, 4.69) is 15.5 Å². The van der Waals surface area contributed by atoms with Gasteiger partial charge in [-0.2, -0.15) is 0 Å². The fraction of sp³-hybridized carbons (Fsp3) is 0.579. The van der Waals surface area contributed by atoms with Crippen LogP contribution in [0.2, 0.25) is 0 Å². The standard InChI is InChI=1S/C19H28FN3O3/c1-14(2)17(22-18(24)15-4-6-16(20)7-5-15)19(25)21-8-3-9-23-10-12-26-13-11-23/h4-7,14,17H,3,8-13H2,1-2H3,(H,21,25)(H,22,24). The van der Waals surface area contributed by atoms with Crippen molar-refractivity contribution in [2.45, 2.75) is 26.3 Å². The van der Waals surface area contributed by atoms with Gasteiger partial charge in [0, 0.05) is 25.2 Å². The lowest BCUT2D eigenvalue weighted by atomic mass is 10.0. The van der Waals surface area contributed by atoms with E-state index in [0.29, 0.717) is 12.1 Å². The van der Waals surface area contributed by atoms with Crippen LogP contribution in [0.4, 0.5) is 4.39 Å². The molecule has 2 rings (SSSR count). The highest BCUT2D eigenvalue weighted by atomic mass is 19.1. The summed E-state index contributed by atoms with van der Waals surface area (Å²) in [5.41, 5.74) is 0.331. The van der Waals surface area contributed by atoms with Crippen molar-refractivity contribution in [2.75, 3.05) is 39.4 Å². The van der Waals surface area contributed by atoms with Gasteiger partial charge in [-0.3, -0.25) is 14.5 Å². The molecule has 0 saturated carbocycles. The summed E-state index contributed by atoms with van der Waals surface area (Å²) in [5.74, 6) is -1.04. The molecule has 0 spiro atoms. The number of nitrogens with one attached hydrogen (secondary N) is 2. The fourth-order valence-electron chi connectivity index (χ4n) is 2.81. The quantitative estimate of drug-likeness (QED) is 0.684. The second-order valence-electron chi connectivity index (χ2n) is 6.80. The van der Waals surface area contributed by atoms with Crippen LogP contribution < -0.4 is 10.6 Å². The predicted octanol–water partition coefficient (Wildman–Crippen LogP) is 1.42. The lowest BCUT2D eigenvalue weighted by molar-refractivity contribution is -0.123.